The lowest BCUT2D eigenvalue weighted by molar-refractivity contribution is -0.144. The van der Waals surface area contributed by atoms with Crippen LogP contribution in [-0.4, -0.2) is 22.3 Å². The van der Waals surface area contributed by atoms with Gasteiger partial charge in [-0.3, -0.25) is 14.5 Å². The zero-order valence-electron chi connectivity index (χ0n) is 14.4. The van der Waals surface area contributed by atoms with E-state index in [9.17, 15) is 9.59 Å². The molecule has 1 unspecified atom stereocenters. The number of carbonyl (C=O) groups excluding carboxylic acids is 2. The molecule has 2 amide bonds. The lowest BCUT2D eigenvalue weighted by atomic mass is 9.87. The molecular formula is C18H31NO2. The van der Waals surface area contributed by atoms with E-state index >= 15 is 0 Å². The highest BCUT2D eigenvalue weighted by molar-refractivity contribution is 6.17. The second-order valence-electron chi connectivity index (χ2n) is 6.47. The summed E-state index contributed by atoms with van der Waals surface area (Å²) in [6, 6.07) is 0. The summed E-state index contributed by atoms with van der Waals surface area (Å²) in [5.41, 5.74) is 0.406. The van der Waals surface area contributed by atoms with Gasteiger partial charge < -0.3 is 0 Å². The minimum Gasteiger partial charge on any atom is -0.269 e. The van der Waals surface area contributed by atoms with Gasteiger partial charge in [-0.1, -0.05) is 47.0 Å². The van der Waals surface area contributed by atoms with E-state index in [1.54, 1.807) is 11.0 Å². The van der Waals surface area contributed by atoms with Gasteiger partial charge in [0.25, 0.3) is 11.8 Å². The molecular weight excluding hydrogens is 262 g/mol. The minimum absolute atomic E-state index is 0.0373. The smallest absolute Gasteiger partial charge is 0.257 e. The van der Waals surface area contributed by atoms with Crippen molar-refractivity contribution in [1.29, 1.82) is 0 Å². The van der Waals surface area contributed by atoms with Gasteiger partial charge in [-0.2, -0.15) is 0 Å². The maximum Gasteiger partial charge on any atom is 0.257 e. The summed E-state index contributed by atoms with van der Waals surface area (Å²) in [7, 11) is 0. The number of nitrogens with zero attached hydrogens (tertiary/aromatic N) is 1. The second-order valence-corrected chi connectivity index (χ2v) is 6.47. The predicted molar refractivity (Wildman–Crippen MR) is 86.8 cm³/mol. The molecule has 21 heavy (non-hydrogen) atoms. The Bertz CT molecular complexity index is 405. The van der Waals surface area contributed by atoms with Gasteiger partial charge >= 0.3 is 0 Å². The van der Waals surface area contributed by atoms with E-state index in [2.05, 4.69) is 34.6 Å². The Hall–Kier alpha value is -1.12. The largest absolute Gasteiger partial charge is 0.269 e. The highest BCUT2D eigenvalue weighted by atomic mass is 16.2. The molecule has 0 aromatic heterocycles. The van der Waals surface area contributed by atoms with Crippen LogP contribution in [0.3, 0.4) is 0 Å². The molecule has 0 aromatic rings. The molecule has 1 atom stereocenters. The van der Waals surface area contributed by atoms with Crippen LogP contribution < -0.4 is 0 Å². The van der Waals surface area contributed by atoms with E-state index in [4.69, 9.17) is 0 Å². The van der Waals surface area contributed by atoms with E-state index in [-0.39, 0.29) is 23.3 Å². The summed E-state index contributed by atoms with van der Waals surface area (Å²) >= 11 is 0. The molecule has 0 radical (unpaired) electrons. The third kappa shape index (κ3) is 3.75. The molecule has 0 saturated carbocycles. The number of amides is 2. The van der Waals surface area contributed by atoms with Gasteiger partial charge in [0, 0.05) is 17.2 Å². The highest BCUT2D eigenvalue weighted by Crippen LogP contribution is 2.35. The maximum atomic E-state index is 12.8. The number of rotatable bonds is 9. The Morgan fingerprint density at radius 2 is 1.62 bits per heavy atom. The summed E-state index contributed by atoms with van der Waals surface area (Å²) in [5.74, 6) is 0.0857. The Kier molecular flexibility index (Phi) is 6.63. The van der Waals surface area contributed by atoms with E-state index in [1.807, 2.05) is 0 Å². The lowest BCUT2D eigenvalue weighted by Crippen LogP contribution is -2.50. The molecule has 120 valence electrons. The standard InChI is InChI=1S/C18H31NO2/c1-6-10-14(9-4)15-13-16(20)19(17(15)21)18(5,11-7-2)12-8-3/h13-14H,6-12H2,1-5H3. The molecule has 0 fully saturated rings. The molecule has 0 aliphatic carbocycles. The van der Waals surface area contributed by atoms with Gasteiger partial charge in [0.1, 0.15) is 0 Å². The number of imide groups is 1. The summed E-state index contributed by atoms with van der Waals surface area (Å²) in [6.45, 7) is 10.5. The lowest BCUT2D eigenvalue weighted by Gasteiger charge is -2.38. The fourth-order valence-electron chi connectivity index (χ4n) is 3.65. The highest BCUT2D eigenvalue weighted by Gasteiger charge is 2.43. The molecule has 0 aromatic carbocycles. The number of carbonyl (C=O) groups is 2. The van der Waals surface area contributed by atoms with Crippen LogP contribution in [0.15, 0.2) is 11.6 Å². The van der Waals surface area contributed by atoms with Gasteiger partial charge in [-0.25, -0.2) is 0 Å². The first-order valence-corrected chi connectivity index (χ1v) is 8.55. The molecule has 1 aliphatic heterocycles. The Morgan fingerprint density at radius 3 is 2.05 bits per heavy atom. The maximum absolute atomic E-state index is 12.8. The van der Waals surface area contributed by atoms with Crippen LogP contribution in [-0.2, 0) is 9.59 Å². The van der Waals surface area contributed by atoms with E-state index in [0.717, 1.165) is 50.5 Å². The van der Waals surface area contributed by atoms with Crippen molar-refractivity contribution in [2.75, 3.05) is 0 Å². The Balaban J connectivity index is 3.03. The fourth-order valence-corrected chi connectivity index (χ4v) is 3.65. The molecule has 3 nitrogen and oxygen atoms in total. The van der Waals surface area contributed by atoms with Crippen LogP contribution in [0.4, 0.5) is 0 Å². The first-order chi connectivity index (χ1) is 9.95. The molecule has 1 aliphatic rings. The quantitative estimate of drug-likeness (QED) is 0.588. The predicted octanol–water partition coefficient (Wildman–Crippen LogP) is 4.47. The topological polar surface area (TPSA) is 37.4 Å². The summed E-state index contributed by atoms with van der Waals surface area (Å²) in [6.07, 6.45) is 8.27. The van der Waals surface area contributed by atoms with Crippen molar-refractivity contribution >= 4 is 11.8 Å². The third-order valence-electron chi connectivity index (χ3n) is 4.64. The first kappa shape index (κ1) is 17.9. The first-order valence-electron chi connectivity index (χ1n) is 8.55. The zero-order valence-corrected chi connectivity index (χ0v) is 14.4. The normalized spacial score (nSPS) is 17.4. The minimum atomic E-state index is -0.333. The van der Waals surface area contributed by atoms with E-state index < -0.39 is 0 Å². The van der Waals surface area contributed by atoms with Gasteiger partial charge in [0.05, 0.1) is 0 Å². The van der Waals surface area contributed by atoms with Gasteiger partial charge in [0.15, 0.2) is 0 Å². The number of hydrogen-bond acceptors (Lipinski definition) is 2. The van der Waals surface area contributed by atoms with Gasteiger partial charge in [-0.15, -0.1) is 0 Å². The van der Waals surface area contributed by atoms with E-state index in [1.165, 1.54) is 0 Å². The van der Waals surface area contributed by atoms with Crippen molar-refractivity contribution in [2.24, 2.45) is 5.92 Å². The fraction of sp³-hybridized carbons (Fsp3) is 0.778. The van der Waals surface area contributed by atoms with Crippen molar-refractivity contribution < 1.29 is 9.59 Å². The van der Waals surface area contributed by atoms with Crippen molar-refractivity contribution in [3.05, 3.63) is 11.6 Å². The third-order valence-corrected chi connectivity index (χ3v) is 4.64. The summed E-state index contributed by atoms with van der Waals surface area (Å²) in [5, 5.41) is 0. The average molecular weight is 293 g/mol. The SMILES string of the molecule is CCCC(CC)C1=CC(=O)N(C(C)(CCC)CCC)C1=O. The van der Waals surface area contributed by atoms with Crippen molar-refractivity contribution in [3.63, 3.8) is 0 Å². The Labute approximate surface area is 129 Å². The molecule has 1 rings (SSSR count). The van der Waals surface area contributed by atoms with Crippen LogP contribution in [0.2, 0.25) is 0 Å². The van der Waals surface area contributed by atoms with Crippen molar-refractivity contribution in [3.8, 4) is 0 Å². The monoisotopic (exact) mass is 293 g/mol. The zero-order chi connectivity index (χ0) is 16.0. The summed E-state index contributed by atoms with van der Waals surface area (Å²) < 4.78 is 0. The van der Waals surface area contributed by atoms with Gasteiger partial charge in [0.2, 0.25) is 0 Å². The van der Waals surface area contributed by atoms with Crippen LogP contribution in [0.1, 0.15) is 79.6 Å². The molecule has 3 heteroatoms. The molecule has 0 N–H and O–H groups in total. The average Bonchev–Trinajstić information content (AvgIpc) is 2.72. The second kappa shape index (κ2) is 7.77. The van der Waals surface area contributed by atoms with Crippen LogP contribution in [0, 0.1) is 5.92 Å². The van der Waals surface area contributed by atoms with E-state index in [0.29, 0.717) is 0 Å². The molecule has 0 spiro atoms. The van der Waals surface area contributed by atoms with Crippen LogP contribution in [0.5, 0.6) is 0 Å². The van der Waals surface area contributed by atoms with Crippen LogP contribution in [0.25, 0.3) is 0 Å². The Morgan fingerprint density at radius 1 is 1.05 bits per heavy atom. The summed E-state index contributed by atoms with van der Waals surface area (Å²) in [4.78, 5) is 26.8. The molecule has 0 bridgehead atoms. The molecule has 1 heterocycles. The van der Waals surface area contributed by atoms with Crippen molar-refractivity contribution in [1.82, 2.24) is 4.90 Å². The van der Waals surface area contributed by atoms with Crippen molar-refractivity contribution in [2.45, 2.75) is 85.1 Å². The molecule has 0 saturated heterocycles. The number of hydrogen-bond donors (Lipinski definition) is 0. The van der Waals surface area contributed by atoms with Gasteiger partial charge in [-0.05, 0) is 38.5 Å². The van der Waals surface area contributed by atoms with Crippen LogP contribution >= 0.6 is 0 Å².